The molecule has 0 spiro atoms. The van der Waals surface area contributed by atoms with Crippen LogP contribution in [-0.4, -0.2) is 22.7 Å². The van der Waals surface area contributed by atoms with E-state index in [1.165, 1.54) is 0 Å². The summed E-state index contributed by atoms with van der Waals surface area (Å²) in [5.41, 5.74) is 3.21. The highest BCUT2D eigenvalue weighted by Gasteiger charge is 2.16. The number of aromatic nitrogens is 1. The van der Waals surface area contributed by atoms with Crippen molar-refractivity contribution >= 4 is 32.8 Å². The molecule has 0 bridgehead atoms. The van der Waals surface area contributed by atoms with Gasteiger partial charge < -0.3 is 9.84 Å². The Morgan fingerprint density at radius 1 is 1.25 bits per heavy atom. The number of nitrogens with zero attached hydrogens (tertiary/aromatic N) is 1. The Balaban J connectivity index is 2.33. The fraction of sp³-hybridized carbons (Fsp3) is 0.158. The average molecular weight is 386 g/mol. The summed E-state index contributed by atoms with van der Waals surface area (Å²) in [4.78, 5) is 16.4. The van der Waals surface area contributed by atoms with Crippen LogP contribution in [0.25, 0.3) is 22.2 Å². The summed E-state index contributed by atoms with van der Waals surface area (Å²) in [6, 6.07) is 12.8. The van der Waals surface area contributed by atoms with Crippen LogP contribution in [0.2, 0.25) is 0 Å². The topological polar surface area (TPSA) is 59.4 Å². The summed E-state index contributed by atoms with van der Waals surface area (Å²) in [5, 5.41) is 10.2. The summed E-state index contributed by atoms with van der Waals surface area (Å²) in [6.07, 6.45) is 0. The molecule has 0 fully saturated rings. The van der Waals surface area contributed by atoms with Crippen molar-refractivity contribution in [2.45, 2.75) is 13.8 Å². The third-order valence-corrected chi connectivity index (χ3v) is 4.28. The molecule has 3 aromatic rings. The minimum Gasteiger partial charge on any atom is -0.493 e. The zero-order valence-electron chi connectivity index (χ0n) is 13.3. The first-order valence-electron chi connectivity index (χ1n) is 7.57. The van der Waals surface area contributed by atoms with Crippen molar-refractivity contribution in [3.05, 3.63) is 58.1 Å². The largest absolute Gasteiger partial charge is 0.493 e. The summed E-state index contributed by atoms with van der Waals surface area (Å²) in [5.74, 6) is -0.292. The Hall–Kier alpha value is -2.40. The highest BCUT2D eigenvalue weighted by atomic mass is 79.9. The first-order chi connectivity index (χ1) is 11.5. The van der Waals surface area contributed by atoms with E-state index >= 15 is 0 Å². The first-order valence-corrected chi connectivity index (χ1v) is 8.37. The number of rotatable bonds is 4. The van der Waals surface area contributed by atoms with Crippen molar-refractivity contribution in [2.75, 3.05) is 6.61 Å². The number of pyridine rings is 1. The Morgan fingerprint density at radius 3 is 2.75 bits per heavy atom. The maximum Gasteiger partial charge on any atom is 0.336 e. The van der Waals surface area contributed by atoms with E-state index in [4.69, 9.17) is 9.72 Å². The third-order valence-electron chi connectivity index (χ3n) is 3.79. The van der Waals surface area contributed by atoms with Crippen LogP contribution in [0.3, 0.4) is 0 Å². The number of aryl methyl sites for hydroxylation is 1. The second kappa shape index (κ2) is 6.61. The van der Waals surface area contributed by atoms with Crippen molar-refractivity contribution in [1.82, 2.24) is 4.98 Å². The van der Waals surface area contributed by atoms with Crippen molar-refractivity contribution in [1.29, 1.82) is 0 Å². The van der Waals surface area contributed by atoms with Crippen LogP contribution < -0.4 is 4.74 Å². The molecule has 0 saturated carbocycles. The Morgan fingerprint density at radius 2 is 2.04 bits per heavy atom. The van der Waals surface area contributed by atoms with Crippen molar-refractivity contribution < 1.29 is 14.6 Å². The number of hydrogen-bond acceptors (Lipinski definition) is 3. The van der Waals surface area contributed by atoms with E-state index in [0.717, 1.165) is 15.6 Å². The van der Waals surface area contributed by atoms with Gasteiger partial charge in [0.15, 0.2) is 0 Å². The predicted molar refractivity (Wildman–Crippen MR) is 97.7 cm³/mol. The molecule has 0 aliphatic heterocycles. The highest BCUT2D eigenvalue weighted by Crippen LogP contribution is 2.34. The number of ether oxygens (including phenoxy) is 1. The van der Waals surface area contributed by atoms with E-state index in [2.05, 4.69) is 15.9 Å². The molecule has 2 aromatic carbocycles. The molecule has 5 heteroatoms. The normalized spacial score (nSPS) is 10.8. The van der Waals surface area contributed by atoms with Gasteiger partial charge in [-0.3, -0.25) is 0 Å². The molecule has 0 amide bonds. The standard InChI is InChI=1S/C19H16BrNO3/c1-3-24-17-8-7-12(20)9-15(17)16-10-14(19(22)23)13-6-4-5-11(2)18(13)21-16/h4-10H,3H2,1-2H3,(H,22,23). The van der Waals surface area contributed by atoms with E-state index in [0.29, 0.717) is 29.0 Å². The minimum absolute atomic E-state index is 0.237. The lowest BCUT2D eigenvalue weighted by Gasteiger charge is -2.13. The van der Waals surface area contributed by atoms with Gasteiger partial charge in [-0.15, -0.1) is 0 Å². The van der Waals surface area contributed by atoms with Crippen LogP contribution in [0.5, 0.6) is 5.75 Å². The molecule has 0 aliphatic rings. The van der Waals surface area contributed by atoms with Gasteiger partial charge in [-0.25, -0.2) is 9.78 Å². The number of hydrogen-bond donors (Lipinski definition) is 1. The number of halogens is 1. The molecule has 3 rings (SSSR count). The zero-order valence-corrected chi connectivity index (χ0v) is 14.9. The molecule has 0 unspecified atom stereocenters. The van der Waals surface area contributed by atoms with Gasteiger partial charge in [0.05, 0.1) is 23.4 Å². The van der Waals surface area contributed by atoms with Crippen LogP contribution in [0.15, 0.2) is 46.9 Å². The molecule has 4 nitrogen and oxygen atoms in total. The molecule has 0 radical (unpaired) electrons. The lowest BCUT2D eigenvalue weighted by molar-refractivity contribution is 0.0699. The zero-order chi connectivity index (χ0) is 17.3. The molecule has 24 heavy (non-hydrogen) atoms. The second-order valence-corrected chi connectivity index (χ2v) is 6.32. The quantitative estimate of drug-likeness (QED) is 0.680. The van der Waals surface area contributed by atoms with Crippen LogP contribution in [0.1, 0.15) is 22.8 Å². The molecular weight excluding hydrogens is 370 g/mol. The van der Waals surface area contributed by atoms with E-state index < -0.39 is 5.97 Å². The minimum atomic E-state index is -0.970. The van der Waals surface area contributed by atoms with Crippen LogP contribution in [-0.2, 0) is 0 Å². The highest BCUT2D eigenvalue weighted by molar-refractivity contribution is 9.10. The molecule has 0 aliphatic carbocycles. The molecular formula is C19H16BrNO3. The lowest BCUT2D eigenvalue weighted by Crippen LogP contribution is -2.02. The van der Waals surface area contributed by atoms with Gasteiger partial charge >= 0.3 is 5.97 Å². The number of para-hydroxylation sites is 1. The van der Waals surface area contributed by atoms with Gasteiger partial charge in [-0.2, -0.15) is 0 Å². The SMILES string of the molecule is CCOc1ccc(Br)cc1-c1cc(C(=O)O)c2cccc(C)c2n1. The van der Waals surface area contributed by atoms with Crippen molar-refractivity contribution in [2.24, 2.45) is 0 Å². The molecule has 122 valence electrons. The number of carboxylic acids is 1. The molecule has 1 heterocycles. The van der Waals surface area contributed by atoms with Gasteiger partial charge in [0, 0.05) is 15.4 Å². The van der Waals surface area contributed by atoms with Crippen molar-refractivity contribution in [3.63, 3.8) is 0 Å². The van der Waals surface area contributed by atoms with Gasteiger partial charge in [0.1, 0.15) is 5.75 Å². The lowest BCUT2D eigenvalue weighted by atomic mass is 10.0. The monoisotopic (exact) mass is 385 g/mol. The van der Waals surface area contributed by atoms with Crippen LogP contribution in [0, 0.1) is 6.92 Å². The number of aromatic carboxylic acids is 1. The van der Waals surface area contributed by atoms with Gasteiger partial charge in [0.25, 0.3) is 0 Å². The number of benzene rings is 2. The van der Waals surface area contributed by atoms with Gasteiger partial charge in [0.2, 0.25) is 0 Å². The smallest absolute Gasteiger partial charge is 0.336 e. The number of carboxylic acid groups (broad SMARTS) is 1. The van der Waals surface area contributed by atoms with E-state index in [1.807, 2.05) is 44.2 Å². The fourth-order valence-electron chi connectivity index (χ4n) is 2.69. The van der Waals surface area contributed by atoms with Crippen LogP contribution in [0.4, 0.5) is 0 Å². The second-order valence-electron chi connectivity index (χ2n) is 5.40. The van der Waals surface area contributed by atoms with Gasteiger partial charge in [-0.05, 0) is 43.7 Å². The Bertz CT molecular complexity index is 937. The maximum atomic E-state index is 11.7. The fourth-order valence-corrected chi connectivity index (χ4v) is 3.05. The maximum absolute atomic E-state index is 11.7. The molecule has 0 saturated heterocycles. The Labute approximate surface area is 148 Å². The Kier molecular flexibility index (Phi) is 4.53. The third kappa shape index (κ3) is 2.99. The molecule has 0 atom stereocenters. The summed E-state index contributed by atoms with van der Waals surface area (Å²) in [7, 11) is 0. The molecule has 1 N–H and O–H groups in total. The van der Waals surface area contributed by atoms with E-state index in [-0.39, 0.29) is 5.56 Å². The summed E-state index contributed by atoms with van der Waals surface area (Å²) in [6.45, 7) is 4.36. The predicted octanol–water partition coefficient (Wildman–Crippen LogP) is 5.07. The average Bonchev–Trinajstić information content (AvgIpc) is 2.56. The first kappa shape index (κ1) is 16.5. The number of carbonyl (C=O) groups is 1. The number of fused-ring (bicyclic) bond motifs is 1. The summed E-state index contributed by atoms with van der Waals surface area (Å²) < 4.78 is 6.56. The van der Waals surface area contributed by atoms with E-state index in [9.17, 15) is 9.90 Å². The summed E-state index contributed by atoms with van der Waals surface area (Å²) >= 11 is 3.46. The van der Waals surface area contributed by atoms with Crippen LogP contribution >= 0.6 is 15.9 Å². The molecule has 1 aromatic heterocycles. The van der Waals surface area contributed by atoms with Gasteiger partial charge in [-0.1, -0.05) is 34.1 Å². The van der Waals surface area contributed by atoms with Crippen molar-refractivity contribution in [3.8, 4) is 17.0 Å². The van der Waals surface area contributed by atoms with E-state index in [1.54, 1.807) is 12.1 Å².